The summed E-state index contributed by atoms with van der Waals surface area (Å²) in [4.78, 5) is 27.5. The molecule has 1 aliphatic heterocycles. The first-order valence-corrected chi connectivity index (χ1v) is 7.52. The summed E-state index contributed by atoms with van der Waals surface area (Å²) in [5, 5.41) is 12.1. The minimum Gasteiger partial charge on any atom is -0.480 e. The van der Waals surface area contributed by atoms with Crippen molar-refractivity contribution in [1.29, 1.82) is 0 Å². The number of aliphatic carboxylic acids is 1. The van der Waals surface area contributed by atoms with E-state index in [2.05, 4.69) is 10.2 Å². The second kappa shape index (κ2) is 6.43. The molecule has 0 atom stereocenters. The fraction of sp³-hybridized carbons (Fsp3) is 0.857. The van der Waals surface area contributed by atoms with Crippen LogP contribution in [-0.2, 0) is 4.79 Å². The molecule has 2 aliphatic rings. The molecule has 0 bridgehead atoms. The molecular weight excluding hydrogens is 258 g/mol. The molecule has 114 valence electrons. The van der Waals surface area contributed by atoms with Crippen molar-refractivity contribution in [2.75, 3.05) is 33.2 Å². The van der Waals surface area contributed by atoms with Crippen LogP contribution in [0.2, 0.25) is 0 Å². The minimum absolute atomic E-state index is 0.270. The van der Waals surface area contributed by atoms with Crippen molar-refractivity contribution in [3.63, 3.8) is 0 Å². The van der Waals surface area contributed by atoms with E-state index in [1.165, 1.54) is 12.8 Å². The SMILES string of the molecule is CN(CCN1CCCC1)C(=O)NC1(C(=O)O)CCCC1. The number of hydrogen-bond acceptors (Lipinski definition) is 3. The first-order chi connectivity index (χ1) is 9.53. The van der Waals surface area contributed by atoms with Crippen molar-refractivity contribution in [1.82, 2.24) is 15.1 Å². The normalized spacial score (nSPS) is 21.9. The molecule has 2 N–H and O–H groups in total. The Morgan fingerprint density at radius 2 is 1.80 bits per heavy atom. The maximum atomic E-state index is 12.1. The molecule has 2 fully saturated rings. The number of carbonyl (C=O) groups excluding carboxylic acids is 1. The Morgan fingerprint density at radius 3 is 2.35 bits per heavy atom. The summed E-state index contributed by atoms with van der Waals surface area (Å²) >= 11 is 0. The fourth-order valence-corrected chi connectivity index (χ4v) is 3.07. The Morgan fingerprint density at radius 1 is 1.20 bits per heavy atom. The number of carbonyl (C=O) groups is 2. The van der Waals surface area contributed by atoms with Gasteiger partial charge in [-0.2, -0.15) is 0 Å². The van der Waals surface area contributed by atoms with Crippen LogP contribution in [0.4, 0.5) is 4.79 Å². The highest BCUT2D eigenvalue weighted by Gasteiger charge is 2.43. The van der Waals surface area contributed by atoms with Gasteiger partial charge < -0.3 is 20.2 Å². The maximum Gasteiger partial charge on any atom is 0.329 e. The van der Waals surface area contributed by atoms with Crippen LogP contribution in [0.15, 0.2) is 0 Å². The second-order valence-corrected chi connectivity index (χ2v) is 5.99. The first kappa shape index (κ1) is 15.1. The number of amides is 2. The van der Waals surface area contributed by atoms with Crippen LogP contribution in [-0.4, -0.2) is 65.7 Å². The van der Waals surface area contributed by atoms with E-state index >= 15 is 0 Å². The Labute approximate surface area is 120 Å². The van der Waals surface area contributed by atoms with Crippen molar-refractivity contribution < 1.29 is 14.7 Å². The number of carboxylic acid groups (broad SMARTS) is 1. The lowest BCUT2D eigenvalue weighted by atomic mass is 9.98. The molecule has 1 saturated carbocycles. The van der Waals surface area contributed by atoms with Gasteiger partial charge in [0.05, 0.1) is 0 Å². The largest absolute Gasteiger partial charge is 0.480 e. The number of nitrogens with zero attached hydrogens (tertiary/aromatic N) is 2. The van der Waals surface area contributed by atoms with E-state index < -0.39 is 11.5 Å². The molecular formula is C14H25N3O3. The molecule has 0 aromatic rings. The Hall–Kier alpha value is -1.30. The molecule has 1 aliphatic carbocycles. The molecule has 20 heavy (non-hydrogen) atoms. The van der Waals surface area contributed by atoms with Gasteiger partial charge in [0.15, 0.2) is 0 Å². The molecule has 0 spiro atoms. The average Bonchev–Trinajstić information content (AvgIpc) is 3.07. The van der Waals surface area contributed by atoms with E-state index in [0.717, 1.165) is 32.5 Å². The molecule has 2 rings (SSSR count). The predicted octanol–water partition coefficient (Wildman–Crippen LogP) is 1.12. The summed E-state index contributed by atoms with van der Waals surface area (Å²) in [6.07, 6.45) is 5.27. The van der Waals surface area contributed by atoms with E-state index in [1.807, 2.05) is 0 Å². The zero-order valence-corrected chi connectivity index (χ0v) is 12.2. The summed E-state index contributed by atoms with van der Waals surface area (Å²) in [7, 11) is 1.73. The van der Waals surface area contributed by atoms with Gasteiger partial charge in [0.1, 0.15) is 5.54 Å². The third-order valence-corrected chi connectivity index (χ3v) is 4.51. The van der Waals surface area contributed by atoms with Crippen LogP contribution in [0.3, 0.4) is 0 Å². The van der Waals surface area contributed by atoms with Gasteiger partial charge in [-0.15, -0.1) is 0 Å². The standard InChI is InChI=1S/C14H25N3O3/c1-16(10-11-17-8-4-5-9-17)13(20)15-14(12(18)19)6-2-3-7-14/h2-11H2,1H3,(H,15,20)(H,18,19). The Kier molecular flexibility index (Phi) is 4.86. The second-order valence-electron chi connectivity index (χ2n) is 5.99. The summed E-state index contributed by atoms with van der Waals surface area (Å²) < 4.78 is 0. The molecule has 1 saturated heterocycles. The number of carboxylic acids is 1. The molecule has 0 aromatic carbocycles. The van der Waals surface area contributed by atoms with Gasteiger partial charge in [0.2, 0.25) is 0 Å². The topological polar surface area (TPSA) is 72.9 Å². The molecule has 6 nitrogen and oxygen atoms in total. The van der Waals surface area contributed by atoms with Crippen LogP contribution in [0.1, 0.15) is 38.5 Å². The van der Waals surface area contributed by atoms with Gasteiger partial charge in [0.25, 0.3) is 0 Å². The number of urea groups is 1. The molecule has 0 aromatic heterocycles. The zero-order chi connectivity index (χ0) is 14.6. The Balaban J connectivity index is 1.81. The number of likely N-dealkylation sites (N-methyl/N-ethyl adjacent to an activating group) is 1. The van der Waals surface area contributed by atoms with E-state index in [-0.39, 0.29) is 6.03 Å². The van der Waals surface area contributed by atoms with Crippen LogP contribution in [0.5, 0.6) is 0 Å². The number of nitrogens with one attached hydrogen (secondary N) is 1. The highest BCUT2D eigenvalue weighted by Crippen LogP contribution is 2.30. The van der Waals surface area contributed by atoms with Gasteiger partial charge in [-0.05, 0) is 38.8 Å². The molecule has 0 unspecified atom stereocenters. The number of hydrogen-bond donors (Lipinski definition) is 2. The number of rotatable bonds is 5. The van der Waals surface area contributed by atoms with Crippen molar-refractivity contribution >= 4 is 12.0 Å². The summed E-state index contributed by atoms with van der Waals surface area (Å²) in [5.41, 5.74) is -1.04. The third kappa shape index (κ3) is 3.42. The third-order valence-electron chi connectivity index (χ3n) is 4.51. The number of likely N-dealkylation sites (tertiary alicyclic amines) is 1. The highest BCUT2D eigenvalue weighted by atomic mass is 16.4. The zero-order valence-electron chi connectivity index (χ0n) is 12.2. The van der Waals surface area contributed by atoms with Gasteiger partial charge in [-0.1, -0.05) is 12.8 Å². The van der Waals surface area contributed by atoms with Crippen LogP contribution < -0.4 is 5.32 Å². The van der Waals surface area contributed by atoms with E-state index in [4.69, 9.17) is 0 Å². The molecule has 6 heteroatoms. The Bertz CT molecular complexity index is 361. The van der Waals surface area contributed by atoms with Crippen LogP contribution in [0, 0.1) is 0 Å². The molecule has 0 radical (unpaired) electrons. The van der Waals surface area contributed by atoms with Crippen molar-refractivity contribution in [3.8, 4) is 0 Å². The smallest absolute Gasteiger partial charge is 0.329 e. The molecule has 1 heterocycles. The molecule has 2 amide bonds. The maximum absolute atomic E-state index is 12.1. The highest BCUT2D eigenvalue weighted by molar-refractivity contribution is 5.86. The van der Waals surface area contributed by atoms with Gasteiger partial charge >= 0.3 is 12.0 Å². The van der Waals surface area contributed by atoms with Gasteiger partial charge in [0, 0.05) is 20.1 Å². The summed E-state index contributed by atoms with van der Waals surface area (Å²) in [5.74, 6) is -0.906. The van der Waals surface area contributed by atoms with Gasteiger partial charge in [-0.25, -0.2) is 9.59 Å². The lowest BCUT2D eigenvalue weighted by Crippen LogP contribution is -2.56. The van der Waals surface area contributed by atoms with Crippen LogP contribution >= 0.6 is 0 Å². The quantitative estimate of drug-likeness (QED) is 0.793. The van der Waals surface area contributed by atoms with Gasteiger partial charge in [-0.3, -0.25) is 0 Å². The van der Waals surface area contributed by atoms with E-state index in [9.17, 15) is 14.7 Å². The lowest BCUT2D eigenvalue weighted by Gasteiger charge is -2.29. The van der Waals surface area contributed by atoms with Crippen molar-refractivity contribution in [2.45, 2.75) is 44.1 Å². The lowest BCUT2D eigenvalue weighted by molar-refractivity contribution is -0.144. The average molecular weight is 283 g/mol. The first-order valence-electron chi connectivity index (χ1n) is 7.52. The monoisotopic (exact) mass is 283 g/mol. The minimum atomic E-state index is -1.04. The fourth-order valence-electron chi connectivity index (χ4n) is 3.07. The summed E-state index contributed by atoms with van der Waals surface area (Å²) in [6.45, 7) is 3.72. The van der Waals surface area contributed by atoms with E-state index in [0.29, 0.717) is 19.4 Å². The van der Waals surface area contributed by atoms with Crippen molar-refractivity contribution in [2.24, 2.45) is 0 Å². The predicted molar refractivity (Wildman–Crippen MR) is 75.7 cm³/mol. The summed E-state index contributed by atoms with van der Waals surface area (Å²) in [6, 6.07) is -0.270. The van der Waals surface area contributed by atoms with Crippen molar-refractivity contribution in [3.05, 3.63) is 0 Å². The van der Waals surface area contributed by atoms with Crippen LogP contribution in [0.25, 0.3) is 0 Å². The van der Waals surface area contributed by atoms with E-state index in [1.54, 1.807) is 11.9 Å².